The number of amides is 1. The summed E-state index contributed by atoms with van der Waals surface area (Å²) in [4.78, 5) is 12.3. The maximum atomic E-state index is 12.3. The van der Waals surface area contributed by atoms with Crippen molar-refractivity contribution >= 4 is 17.5 Å². The van der Waals surface area contributed by atoms with Gasteiger partial charge in [0.05, 0.1) is 23.8 Å². The predicted molar refractivity (Wildman–Crippen MR) is 72.4 cm³/mol. The van der Waals surface area contributed by atoms with Crippen molar-refractivity contribution in [2.75, 3.05) is 13.2 Å². The van der Waals surface area contributed by atoms with Crippen molar-refractivity contribution < 1.29 is 15.0 Å². The van der Waals surface area contributed by atoms with Crippen molar-refractivity contribution in [3.63, 3.8) is 0 Å². The van der Waals surface area contributed by atoms with Crippen LogP contribution < -0.4 is 5.32 Å². The van der Waals surface area contributed by atoms with Crippen LogP contribution in [0.2, 0.25) is 5.02 Å². The van der Waals surface area contributed by atoms with Gasteiger partial charge in [0, 0.05) is 12.2 Å². The van der Waals surface area contributed by atoms with Gasteiger partial charge in [-0.15, -0.1) is 0 Å². The Balaban J connectivity index is 2.19. The number of nitrogens with zero attached hydrogens (tertiary/aromatic N) is 1. The number of aromatic nitrogens is 1. The molecule has 1 aliphatic carbocycles. The first kappa shape index (κ1) is 14.4. The Hall–Kier alpha value is -1.04. The van der Waals surface area contributed by atoms with E-state index in [-0.39, 0.29) is 19.1 Å². The molecule has 3 N–H and O–H groups in total. The number of hydrogen-bond acceptors (Lipinski definition) is 3. The zero-order valence-electron chi connectivity index (χ0n) is 10.9. The third-order valence-electron chi connectivity index (χ3n) is 3.65. The average Bonchev–Trinajstić information content (AvgIpc) is 3.19. The van der Waals surface area contributed by atoms with Crippen LogP contribution in [0.4, 0.5) is 0 Å². The maximum Gasteiger partial charge on any atom is 0.268 e. The molecule has 0 spiro atoms. The molecule has 1 aromatic heterocycles. The summed E-state index contributed by atoms with van der Waals surface area (Å²) in [6.07, 6.45) is 4.29. The maximum absolute atomic E-state index is 12.3. The van der Waals surface area contributed by atoms with Crippen LogP contribution in [0.15, 0.2) is 12.3 Å². The van der Waals surface area contributed by atoms with Gasteiger partial charge in [-0.2, -0.15) is 0 Å². The van der Waals surface area contributed by atoms with Crippen LogP contribution >= 0.6 is 11.6 Å². The van der Waals surface area contributed by atoms with E-state index in [1.807, 2.05) is 4.57 Å². The van der Waals surface area contributed by atoms with E-state index in [1.165, 1.54) is 0 Å². The van der Waals surface area contributed by atoms with Crippen molar-refractivity contribution in [1.29, 1.82) is 0 Å². The number of carbonyl (C=O) groups is 1. The summed E-state index contributed by atoms with van der Waals surface area (Å²) in [7, 11) is 0. The molecule has 0 bridgehead atoms. The van der Waals surface area contributed by atoms with Gasteiger partial charge in [-0.1, -0.05) is 18.5 Å². The molecule has 0 aromatic carbocycles. The molecule has 1 amide bonds. The fourth-order valence-corrected chi connectivity index (χ4v) is 2.24. The van der Waals surface area contributed by atoms with Crippen LogP contribution in [-0.4, -0.2) is 39.4 Å². The van der Waals surface area contributed by atoms with Crippen LogP contribution in [0.5, 0.6) is 0 Å². The molecule has 0 atom stereocenters. The molecule has 1 fully saturated rings. The smallest absolute Gasteiger partial charge is 0.268 e. The minimum Gasteiger partial charge on any atom is -0.394 e. The standard InChI is InChI=1S/C13H19ClN2O3/c1-2-13(7-17,8-18)15-12(19)11-5-9(14)6-16(11)10-3-4-10/h5-6,10,17-18H,2-4,7-8H2,1H3,(H,15,19). The zero-order chi connectivity index (χ0) is 14.0. The van der Waals surface area contributed by atoms with Gasteiger partial charge in [0.1, 0.15) is 5.69 Å². The van der Waals surface area contributed by atoms with Crippen molar-refractivity contribution in [3.8, 4) is 0 Å². The van der Waals surface area contributed by atoms with Gasteiger partial charge in [0.2, 0.25) is 0 Å². The Morgan fingerprint density at radius 1 is 1.53 bits per heavy atom. The van der Waals surface area contributed by atoms with Crippen molar-refractivity contribution in [3.05, 3.63) is 23.0 Å². The average molecular weight is 287 g/mol. The Morgan fingerprint density at radius 3 is 2.63 bits per heavy atom. The van der Waals surface area contributed by atoms with Gasteiger partial charge >= 0.3 is 0 Å². The van der Waals surface area contributed by atoms with E-state index in [9.17, 15) is 15.0 Å². The van der Waals surface area contributed by atoms with E-state index in [1.54, 1.807) is 19.2 Å². The highest BCUT2D eigenvalue weighted by Crippen LogP contribution is 2.37. The van der Waals surface area contributed by atoms with E-state index < -0.39 is 5.54 Å². The molecule has 5 nitrogen and oxygen atoms in total. The van der Waals surface area contributed by atoms with E-state index >= 15 is 0 Å². The summed E-state index contributed by atoms with van der Waals surface area (Å²) in [6.45, 7) is 1.20. The van der Waals surface area contributed by atoms with Gasteiger partial charge in [-0.3, -0.25) is 4.79 Å². The fourth-order valence-electron chi connectivity index (χ4n) is 2.03. The molecule has 1 aromatic rings. The molecule has 6 heteroatoms. The number of hydrogen-bond donors (Lipinski definition) is 3. The number of aliphatic hydroxyl groups excluding tert-OH is 2. The normalized spacial score (nSPS) is 15.6. The molecule has 0 radical (unpaired) electrons. The highest BCUT2D eigenvalue weighted by atomic mass is 35.5. The Morgan fingerprint density at radius 2 is 2.16 bits per heavy atom. The van der Waals surface area contributed by atoms with Gasteiger partial charge in [0.15, 0.2) is 0 Å². The van der Waals surface area contributed by atoms with E-state index in [0.717, 1.165) is 12.8 Å². The predicted octanol–water partition coefficient (Wildman–Crippen LogP) is 1.34. The fraction of sp³-hybridized carbons (Fsp3) is 0.615. The molecule has 1 heterocycles. The Labute approximate surface area is 117 Å². The van der Waals surface area contributed by atoms with E-state index in [4.69, 9.17) is 11.6 Å². The summed E-state index contributed by atoms with van der Waals surface area (Å²) < 4.78 is 1.87. The van der Waals surface area contributed by atoms with Crippen molar-refractivity contribution in [2.45, 2.75) is 37.8 Å². The molecule has 1 saturated carbocycles. The molecule has 0 unspecified atom stereocenters. The second kappa shape index (κ2) is 5.53. The number of carbonyl (C=O) groups excluding carboxylic acids is 1. The second-order valence-electron chi connectivity index (χ2n) is 5.09. The molecule has 106 valence electrons. The highest BCUT2D eigenvalue weighted by molar-refractivity contribution is 6.31. The second-order valence-corrected chi connectivity index (χ2v) is 5.52. The molecule has 0 aliphatic heterocycles. The number of nitrogens with one attached hydrogen (secondary N) is 1. The minimum atomic E-state index is -0.984. The SMILES string of the molecule is CCC(CO)(CO)NC(=O)c1cc(Cl)cn1C1CC1. The first-order valence-corrected chi connectivity index (χ1v) is 6.84. The summed E-state index contributed by atoms with van der Waals surface area (Å²) in [5.41, 5.74) is -0.505. The third kappa shape index (κ3) is 2.94. The highest BCUT2D eigenvalue weighted by Gasteiger charge is 2.32. The van der Waals surface area contributed by atoms with E-state index in [0.29, 0.717) is 23.2 Å². The minimum absolute atomic E-state index is 0.302. The quantitative estimate of drug-likeness (QED) is 0.739. The molecular weight excluding hydrogens is 268 g/mol. The largest absolute Gasteiger partial charge is 0.394 e. The topological polar surface area (TPSA) is 74.5 Å². The van der Waals surface area contributed by atoms with Crippen molar-refractivity contribution in [2.24, 2.45) is 0 Å². The van der Waals surface area contributed by atoms with Crippen LogP contribution in [-0.2, 0) is 0 Å². The third-order valence-corrected chi connectivity index (χ3v) is 3.86. The lowest BCUT2D eigenvalue weighted by Crippen LogP contribution is -2.54. The first-order valence-electron chi connectivity index (χ1n) is 6.47. The van der Waals surface area contributed by atoms with Gasteiger partial charge in [0.25, 0.3) is 5.91 Å². The van der Waals surface area contributed by atoms with Crippen LogP contribution in [0, 0.1) is 0 Å². The zero-order valence-corrected chi connectivity index (χ0v) is 11.7. The van der Waals surface area contributed by atoms with Gasteiger partial charge in [-0.05, 0) is 25.3 Å². The molecule has 0 saturated heterocycles. The Kier molecular flexibility index (Phi) is 4.18. The van der Waals surface area contributed by atoms with Gasteiger partial charge in [-0.25, -0.2) is 0 Å². The molecule has 1 aliphatic rings. The molecule has 2 rings (SSSR count). The number of halogens is 1. The monoisotopic (exact) mass is 286 g/mol. The summed E-state index contributed by atoms with van der Waals surface area (Å²) in [5.74, 6) is -0.316. The summed E-state index contributed by atoms with van der Waals surface area (Å²) >= 11 is 5.95. The first-order chi connectivity index (χ1) is 9.05. The van der Waals surface area contributed by atoms with Crippen molar-refractivity contribution in [1.82, 2.24) is 9.88 Å². The Bertz CT molecular complexity index is 456. The summed E-state index contributed by atoms with van der Waals surface area (Å²) in [6, 6.07) is 1.96. The summed E-state index contributed by atoms with van der Waals surface area (Å²) in [5, 5.41) is 22.0. The van der Waals surface area contributed by atoms with E-state index in [2.05, 4.69) is 5.32 Å². The van der Waals surface area contributed by atoms with Crippen LogP contribution in [0.1, 0.15) is 42.7 Å². The van der Waals surface area contributed by atoms with Gasteiger partial charge < -0.3 is 20.1 Å². The molecule has 19 heavy (non-hydrogen) atoms. The number of rotatable bonds is 6. The lowest BCUT2D eigenvalue weighted by molar-refractivity contribution is 0.0645. The lowest BCUT2D eigenvalue weighted by atomic mass is 9.98. The molecular formula is C13H19ClN2O3. The number of aliphatic hydroxyl groups is 2. The lowest BCUT2D eigenvalue weighted by Gasteiger charge is -2.29. The van der Waals surface area contributed by atoms with Crippen LogP contribution in [0.25, 0.3) is 0 Å². The van der Waals surface area contributed by atoms with Crippen LogP contribution in [0.3, 0.4) is 0 Å².